The predicted molar refractivity (Wildman–Crippen MR) is 52.3 cm³/mol. The Labute approximate surface area is 83.2 Å². The van der Waals surface area contributed by atoms with Crippen molar-refractivity contribution in [2.24, 2.45) is 5.73 Å². The molecule has 0 atom stereocenters. The van der Waals surface area contributed by atoms with Crippen molar-refractivity contribution < 1.29 is 4.52 Å². The van der Waals surface area contributed by atoms with Crippen LogP contribution in [0.15, 0.2) is 21.3 Å². The van der Waals surface area contributed by atoms with Gasteiger partial charge in [-0.15, -0.1) is 0 Å². The number of nitrogens with zero attached hydrogens (tertiary/aromatic N) is 2. The molecule has 0 saturated carbocycles. The zero-order valence-electron chi connectivity index (χ0n) is 6.83. The van der Waals surface area contributed by atoms with Crippen molar-refractivity contribution in [2.45, 2.75) is 6.42 Å². The maximum atomic E-state index is 5.43. The molecule has 0 aliphatic carbocycles. The van der Waals surface area contributed by atoms with Gasteiger partial charge in [0.1, 0.15) is 4.60 Å². The number of nitrogens with two attached hydrogens (primary N) is 1. The lowest BCUT2D eigenvalue weighted by Crippen LogP contribution is -2.02. The van der Waals surface area contributed by atoms with Crippen LogP contribution in [-0.4, -0.2) is 16.7 Å². The van der Waals surface area contributed by atoms with Crippen molar-refractivity contribution in [3.63, 3.8) is 0 Å². The molecule has 2 aromatic rings. The molecule has 0 fully saturated rings. The normalized spacial score (nSPS) is 10.9. The fourth-order valence-electron chi connectivity index (χ4n) is 1.17. The van der Waals surface area contributed by atoms with E-state index in [2.05, 4.69) is 26.1 Å². The molecule has 0 spiro atoms. The van der Waals surface area contributed by atoms with Gasteiger partial charge in [0, 0.05) is 6.42 Å². The van der Waals surface area contributed by atoms with E-state index in [-0.39, 0.29) is 0 Å². The quantitative estimate of drug-likeness (QED) is 0.810. The van der Waals surface area contributed by atoms with Crippen molar-refractivity contribution >= 4 is 27.0 Å². The second kappa shape index (κ2) is 3.43. The van der Waals surface area contributed by atoms with Gasteiger partial charge in [-0.2, -0.15) is 0 Å². The second-order valence-corrected chi connectivity index (χ2v) is 3.47. The summed E-state index contributed by atoms with van der Waals surface area (Å²) in [6.45, 7) is 0.567. The number of fused-ring (bicyclic) bond motifs is 1. The van der Waals surface area contributed by atoms with E-state index in [0.717, 1.165) is 22.1 Å². The Balaban J connectivity index is 2.55. The van der Waals surface area contributed by atoms with Crippen molar-refractivity contribution in [3.05, 3.63) is 22.4 Å². The monoisotopic (exact) mass is 241 g/mol. The first-order valence-electron chi connectivity index (χ1n) is 3.92. The standard InChI is InChI=1S/C8H8BrN3O/c9-7-2-1-5-6(3-4-10)12-13-8(5)11-7/h1-2H,3-4,10H2. The van der Waals surface area contributed by atoms with Gasteiger partial charge in [-0.05, 0) is 34.6 Å². The number of rotatable bonds is 2. The van der Waals surface area contributed by atoms with Gasteiger partial charge < -0.3 is 10.3 Å². The molecule has 0 aliphatic heterocycles. The summed E-state index contributed by atoms with van der Waals surface area (Å²) in [5.74, 6) is 0. The van der Waals surface area contributed by atoms with Gasteiger partial charge in [0.15, 0.2) is 0 Å². The highest BCUT2D eigenvalue weighted by Gasteiger charge is 2.07. The third-order valence-electron chi connectivity index (χ3n) is 1.76. The van der Waals surface area contributed by atoms with Crippen LogP contribution in [0.2, 0.25) is 0 Å². The average molecular weight is 242 g/mol. The summed E-state index contributed by atoms with van der Waals surface area (Å²) < 4.78 is 5.78. The predicted octanol–water partition coefficient (Wildman–Crippen LogP) is 1.49. The first-order valence-corrected chi connectivity index (χ1v) is 4.71. The number of halogens is 1. The molecule has 0 aliphatic rings. The van der Waals surface area contributed by atoms with Crippen LogP contribution < -0.4 is 5.73 Å². The summed E-state index contributed by atoms with van der Waals surface area (Å²) >= 11 is 3.26. The molecule has 2 N–H and O–H groups in total. The molecule has 0 amide bonds. The molecule has 2 rings (SSSR count). The first-order chi connectivity index (χ1) is 6.31. The minimum atomic E-state index is 0.554. The lowest BCUT2D eigenvalue weighted by molar-refractivity contribution is 0.438. The van der Waals surface area contributed by atoms with E-state index >= 15 is 0 Å². The molecule has 0 aromatic carbocycles. The van der Waals surface area contributed by atoms with Gasteiger partial charge in [-0.3, -0.25) is 0 Å². The van der Waals surface area contributed by atoms with Crippen LogP contribution in [0.25, 0.3) is 11.1 Å². The van der Waals surface area contributed by atoms with E-state index in [1.54, 1.807) is 0 Å². The highest BCUT2D eigenvalue weighted by molar-refractivity contribution is 9.10. The van der Waals surface area contributed by atoms with Gasteiger partial charge >= 0.3 is 0 Å². The van der Waals surface area contributed by atoms with Crippen molar-refractivity contribution in [2.75, 3.05) is 6.54 Å². The SMILES string of the molecule is NCCc1noc2nc(Br)ccc12. The average Bonchev–Trinajstić information content (AvgIpc) is 2.49. The maximum absolute atomic E-state index is 5.43. The van der Waals surface area contributed by atoms with Gasteiger partial charge in [0.2, 0.25) is 0 Å². The van der Waals surface area contributed by atoms with Crippen LogP contribution in [-0.2, 0) is 6.42 Å². The topological polar surface area (TPSA) is 64.9 Å². The molecule has 4 nitrogen and oxygen atoms in total. The Bertz CT molecular complexity index is 426. The van der Waals surface area contributed by atoms with Crippen molar-refractivity contribution in [1.29, 1.82) is 0 Å². The zero-order valence-corrected chi connectivity index (χ0v) is 8.41. The lowest BCUT2D eigenvalue weighted by atomic mass is 10.2. The summed E-state index contributed by atoms with van der Waals surface area (Å²) in [5, 5.41) is 4.83. The van der Waals surface area contributed by atoms with E-state index in [4.69, 9.17) is 10.3 Å². The third-order valence-corrected chi connectivity index (χ3v) is 2.20. The lowest BCUT2D eigenvalue weighted by Gasteiger charge is -1.91. The molecule has 0 saturated heterocycles. The highest BCUT2D eigenvalue weighted by atomic mass is 79.9. The zero-order chi connectivity index (χ0) is 9.26. The highest BCUT2D eigenvalue weighted by Crippen LogP contribution is 2.19. The molecular weight excluding hydrogens is 234 g/mol. The largest absolute Gasteiger partial charge is 0.335 e. The van der Waals surface area contributed by atoms with E-state index in [1.165, 1.54) is 0 Å². The Kier molecular flexibility index (Phi) is 2.28. The van der Waals surface area contributed by atoms with E-state index < -0.39 is 0 Å². The minimum absolute atomic E-state index is 0.554. The molecule has 5 heteroatoms. The molecule has 2 heterocycles. The van der Waals surface area contributed by atoms with Crippen molar-refractivity contribution in [1.82, 2.24) is 10.1 Å². The number of hydrogen-bond acceptors (Lipinski definition) is 4. The van der Waals surface area contributed by atoms with Crippen molar-refractivity contribution in [3.8, 4) is 0 Å². The summed E-state index contributed by atoms with van der Waals surface area (Å²) in [4.78, 5) is 4.13. The number of pyridine rings is 1. The van der Waals surface area contributed by atoms with Crippen LogP contribution >= 0.6 is 15.9 Å². The van der Waals surface area contributed by atoms with Gasteiger partial charge in [0.25, 0.3) is 5.71 Å². The maximum Gasteiger partial charge on any atom is 0.259 e. The third kappa shape index (κ3) is 1.57. The van der Waals surface area contributed by atoms with E-state index in [1.807, 2.05) is 12.1 Å². The molecule has 68 valence electrons. The summed E-state index contributed by atoms with van der Waals surface area (Å²) in [7, 11) is 0. The molecule has 13 heavy (non-hydrogen) atoms. The van der Waals surface area contributed by atoms with Gasteiger partial charge in [-0.25, -0.2) is 4.98 Å². The molecule has 0 radical (unpaired) electrons. The Hall–Kier alpha value is -0.940. The number of aromatic nitrogens is 2. The fraction of sp³-hybridized carbons (Fsp3) is 0.250. The Morgan fingerprint density at radius 1 is 1.46 bits per heavy atom. The van der Waals surface area contributed by atoms with E-state index in [0.29, 0.717) is 12.3 Å². The smallest absolute Gasteiger partial charge is 0.259 e. The molecule has 0 unspecified atom stereocenters. The summed E-state index contributed by atoms with van der Waals surface area (Å²) in [6.07, 6.45) is 0.719. The van der Waals surface area contributed by atoms with Crippen LogP contribution in [0.3, 0.4) is 0 Å². The van der Waals surface area contributed by atoms with Gasteiger partial charge in [0.05, 0.1) is 11.1 Å². The second-order valence-electron chi connectivity index (χ2n) is 2.65. The van der Waals surface area contributed by atoms with Crippen LogP contribution in [0.1, 0.15) is 5.69 Å². The van der Waals surface area contributed by atoms with Crippen LogP contribution in [0.4, 0.5) is 0 Å². The molecular formula is C8H8BrN3O. The van der Waals surface area contributed by atoms with Crippen LogP contribution in [0, 0.1) is 0 Å². The Morgan fingerprint density at radius 2 is 2.31 bits per heavy atom. The first kappa shape index (κ1) is 8.65. The van der Waals surface area contributed by atoms with Crippen LogP contribution in [0.5, 0.6) is 0 Å². The summed E-state index contributed by atoms with van der Waals surface area (Å²) in [6, 6.07) is 3.79. The Morgan fingerprint density at radius 3 is 3.08 bits per heavy atom. The van der Waals surface area contributed by atoms with Gasteiger partial charge in [-0.1, -0.05) is 5.16 Å². The molecule has 0 bridgehead atoms. The number of hydrogen-bond donors (Lipinski definition) is 1. The van der Waals surface area contributed by atoms with E-state index in [9.17, 15) is 0 Å². The minimum Gasteiger partial charge on any atom is -0.335 e. The summed E-state index contributed by atoms with van der Waals surface area (Å²) in [5.41, 5.74) is 6.86. The fourth-order valence-corrected chi connectivity index (χ4v) is 1.46. The molecule has 2 aromatic heterocycles.